The van der Waals surface area contributed by atoms with Gasteiger partial charge >= 0.3 is 0 Å². The van der Waals surface area contributed by atoms with Crippen LogP contribution in [0.15, 0.2) is 64.6 Å². The molecule has 0 aromatic heterocycles. The van der Waals surface area contributed by atoms with Crippen molar-refractivity contribution in [2.75, 3.05) is 13.1 Å². The smallest absolute Gasteiger partial charge is 0.267 e. The average molecular weight is 385 g/mol. The molecule has 0 unspecified atom stereocenters. The number of hydrazone groups is 1. The molecule has 1 saturated heterocycles. The first kappa shape index (κ1) is 19.3. The minimum atomic E-state index is -3.44. The van der Waals surface area contributed by atoms with Crippen molar-refractivity contribution in [2.45, 2.75) is 31.1 Å². The van der Waals surface area contributed by atoms with Gasteiger partial charge in [-0.05, 0) is 49.6 Å². The fourth-order valence-corrected chi connectivity index (χ4v) is 4.49. The van der Waals surface area contributed by atoms with Crippen LogP contribution in [0.3, 0.4) is 0 Å². The second-order valence-electron chi connectivity index (χ2n) is 6.49. The Morgan fingerprint density at radius 2 is 1.56 bits per heavy atom. The molecule has 6 nitrogen and oxygen atoms in total. The van der Waals surface area contributed by atoms with E-state index < -0.39 is 10.0 Å². The van der Waals surface area contributed by atoms with Gasteiger partial charge in [0.2, 0.25) is 10.0 Å². The topological polar surface area (TPSA) is 78.8 Å². The van der Waals surface area contributed by atoms with Gasteiger partial charge in [-0.1, -0.05) is 36.8 Å². The van der Waals surface area contributed by atoms with E-state index in [-0.39, 0.29) is 10.8 Å². The molecular weight excluding hydrogens is 362 g/mol. The van der Waals surface area contributed by atoms with Crippen molar-refractivity contribution in [3.05, 3.63) is 65.7 Å². The standard InChI is InChI=1S/C20H23N3O3S/c1-16(21-22-20(24)18-8-4-2-5-9-18)17-10-12-19(13-11-17)27(25,26)23-14-6-3-7-15-23/h2,4-5,8-13H,3,6-7,14-15H2,1H3,(H,22,24)/b21-16-. The number of carbonyl (C=O) groups excluding carboxylic acids is 1. The summed E-state index contributed by atoms with van der Waals surface area (Å²) in [6.07, 6.45) is 2.89. The largest absolute Gasteiger partial charge is 0.271 e. The molecule has 7 heteroatoms. The molecule has 3 rings (SSSR count). The van der Waals surface area contributed by atoms with Gasteiger partial charge in [-0.15, -0.1) is 0 Å². The van der Waals surface area contributed by atoms with Crippen LogP contribution in [0.25, 0.3) is 0 Å². The van der Waals surface area contributed by atoms with Crippen molar-refractivity contribution in [1.82, 2.24) is 9.73 Å². The third-order valence-electron chi connectivity index (χ3n) is 4.59. The molecule has 2 aromatic carbocycles. The Morgan fingerprint density at radius 1 is 0.926 bits per heavy atom. The third-order valence-corrected chi connectivity index (χ3v) is 6.50. The zero-order chi connectivity index (χ0) is 19.3. The number of nitrogens with zero attached hydrogens (tertiary/aromatic N) is 2. The van der Waals surface area contributed by atoms with E-state index in [0.717, 1.165) is 24.8 Å². The molecule has 1 N–H and O–H groups in total. The minimum absolute atomic E-state index is 0.286. The summed E-state index contributed by atoms with van der Waals surface area (Å²) in [6.45, 7) is 2.92. The van der Waals surface area contributed by atoms with Gasteiger partial charge in [0.15, 0.2) is 0 Å². The van der Waals surface area contributed by atoms with Crippen LogP contribution in [0, 0.1) is 0 Å². The lowest BCUT2D eigenvalue weighted by atomic mass is 10.1. The van der Waals surface area contributed by atoms with Crippen LogP contribution < -0.4 is 5.43 Å². The van der Waals surface area contributed by atoms with E-state index >= 15 is 0 Å². The summed E-state index contributed by atoms with van der Waals surface area (Å²) in [5.74, 6) is -0.292. The molecular formula is C20H23N3O3S. The van der Waals surface area contributed by atoms with Crippen molar-refractivity contribution in [3.8, 4) is 0 Å². The molecule has 27 heavy (non-hydrogen) atoms. The van der Waals surface area contributed by atoms with E-state index in [0.29, 0.717) is 24.4 Å². The van der Waals surface area contributed by atoms with Crippen LogP contribution in [0.5, 0.6) is 0 Å². The Bertz CT molecular complexity index is 917. The van der Waals surface area contributed by atoms with Gasteiger partial charge in [-0.3, -0.25) is 4.79 Å². The highest BCUT2D eigenvalue weighted by atomic mass is 32.2. The molecule has 0 atom stereocenters. The Morgan fingerprint density at radius 3 is 2.19 bits per heavy atom. The maximum atomic E-state index is 12.7. The van der Waals surface area contributed by atoms with E-state index in [1.54, 1.807) is 59.8 Å². The summed E-state index contributed by atoms with van der Waals surface area (Å²) >= 11 is 0. The van der Waals surface area contributed by atoms with E-state index in [9.17, 15) is 13.2 Å². The lowest BCUT2D eigenvalue weighted by Gasteiger charge is -2.25. The van der Waals surface area contributed by atoms with E-state index in [2.05, 4.69) is 10.5 Å². The van der Waals surface area contributed by atoms with Crippen molar-refractivity contribution in [1.29, 1.82) is 0 Å². The van der Waals surface area contributed by atoms with Crippen molar-refractivity contribution < 1.29 is 13.2 Å². The highest BCUT2D eigenvalue weighted by molar-refractivity contribution is 7.89. The second-order valence-corrected chi connectivity index (χ2v) is 8.43. The fourth-order valence-electron chi connectivity index (χ4n) is 2.98. The van der Waals surface area contributed by atoms with Gasteiger partial charge in [-0.2, -0.15) is 9.41 Å². The molecule has 1 fully saturated rings. The van der Waals surface area contributed by atoms with Crippen molar-refractivity contribution >= 4 is 21.6 Å². The van der Waals surface area contributed by atoms with Crippen LogP contribution in [0.1, 0.15) is 42.1 Å². The van der Waals surface area contributed by atoms with E-state index in [4.69, 9.17) is 0 Å². The summed E-state index contributed by atoms with van der Waals surface area (Å²) in [5.41, 5.74) is 4.39. The highest BCUT2D eigenvalue weighted by Crippen LogP contribution is 2.21. The number of rotatable bonds is 5. The molecule has 1 amide bonds. The number of piperidine rings is 1. The van der Waals surface area contributed by atoms with Gasteiger partial charge in [0.1, 0.15) is 0 Å². The Labute approximate surface area is 159 Å². The number of benzene rings is 2. The fraction of sp³-hybridized carbons (Fsp3) is 0.300. The van der Waals surface area contributed by atoms with Gasteiger partial charge in [0.05, 0.1) is 10.6 Å². The molecule has 1 aliphatic heterocycles. The zero-order valence-corrected chi connectivity index (χ0v) is 16.1. The molecule has 0 aliphatic carbocycles. The van der Waals surface area contributed by atoms with Crippen molar-refractivity contribution in [3.63, 3.8) is 0 Å². The first-order valence-electron chi connectivity index (χ1n) is 8.99. The quantitative estimate of drug-likeness (QED) is 0.635. The summed E-state index contributed by atoms with van der Waals surface area (Å²) in [6, 6.07) is 15.4. The first-order chi connectivity index (χ1) is 13.0. The number of hydrogen-bond donors (Lipinski definition) is 1. The minimum Gasteiger partial charge on any atom is -0.267 e. The monoisotopic (exact) mass is 385 g/mol. The molecule has 0 spiro atoms. The Kier molecular flexibility index (Phi) is 6.03. The summed E-state index contributed by atoms with van der Waals surface area (Å²) in [5, 5.41) is 4.11. The van der Waals surface area contributed by atoms with Crippen LogP contribution in [0.4, 0.5) is 0 Å². The Hall–Kier alpha value is -2.51. The maximum absolute atomic E-state index is 12.7. The van der Waals surface area contributed by atoms with E-state index in [1.165, 1.54) is 0 Å². The van der Waals surface area contributed by atoms with Gasteiger partial charge in [0.25, 0.3) is 5.91 Å². The Balaban J connectivity index is 1.70. The number of amides is 1. The lowest BCUT2D eigenvalue weighted by Crippen LogP contribution is -2.35. The number of nitrogens with one attached hydrogen (secondary N) is 1. The SMILES string of the molecule is C/C(=N/NC(=O)c1ccccc1)c1ccc(S(=O)(=O)N2CCCCC2)cc1. The van der Waals surface area contributed by atoms with Crippen molar-refractivity contribution in [2.24, 2.45) is 5.10 Å². The van der Waals surface area contributed by atoms with Gasteiger partial charge in [0, 0.05) is 18.7 Å². The zero-order valence-electron chi connectivity index (χ0n) is 15.3. The summed E-state index contributed by atoms with van der Waals surface area (Å²) in [4.78, 5) is 12.3. The summed E-state index contributed by atoms with van der Waals surface area (Å²) in [7, 11) is -3.44. The highest BCUT2D eigenvalue weighted by Gasteiger charge is 2.25. The average Bonchev–Trinajstić information content (AvgIpc) is 2.73. The van der Waals surface area contributed by atoms with E-state index in [1.807, 2.05) is 6.07 Å². The third kappa shape index (κ3) is 4.61. The second kappa shape index (κ2) is 8.45. The summed E-state index contributed by atoms with van der Waals surface area (Å²) < 4.78 is 26.9. The van der Waals surface area contributed by atoms with Gasteiger partial charge in [-0.25, -0.2) is 13.8 Å². The lowest BCUT2D eigenvalue weighted by molar-refractivity contribution is 0.0955. The number of hydrogen-bond acceptors (Lipinski definition) is 4. The van der Waals surface area contributed by atoms with Gasteiger partial charge < -0.3 is 0 Å². The molecule has 142 valence electrons. The van der Waals surface area contributed by atoms with Crippen LogP contribution in [0.2, 0.25) is 0 Å². The number of sulfonamides is 1. The molecule has 0 radical (unpaired) electrons. The van der Waals surface area contributed by atoms with Crippen LogP contribution in [-0.2, 0) is 10.0 Å². The molecule has 0 bridgehead atoms. The normalized spacial score (nSPS) is 16.1. The predicted octanol–water partition coefficient (Wildman–Crippen LogP) is 3.02. The van der Waals surface area contributed by atoms with Crippen LogP contribution >= 0.6 is 0 Å². The predicted molar refractivity (Wildman–Crippen MR) is 105 cm³/mol. The maximum Gasteiger partial charge on any atom is 0.271 e. The molecule has 1 aliphatic rings. The molecule has 0 saturated carbocycles. The molecule has 2 aromatic rings. The molecule has 1 heterocycles. The van der Waals surface area contributed by atoms with Crippen LogP contribution in [-0.4, -0.2) is 37.4 Å². The first-order valence-corrected chi connectivity index (χ1v) is 10.4. The number of carbonyl (C=O) groups is 1.